The van der Waals surface area contributed by atoms with Gasteiger partial charge < -0.3 is 0 Å². The molecule has 0 aliphatic rings. The summed E-state index contributed by atoms with van der Waals surface area (Å²) in [6.45, 7) is 4.49. The second-order valence-corrected chi connectivity index (χ2v) is 6.19. The van der Waals surface area contributed by atoms with Gasteiger partial charge in [-0.15, -0.1) is 5.92 Å². The lowest BCUT2D eigenvalue weighted by atomic mass is 10.1. The first-order chi connectivity index (χ1) is 6.72. The highest BCUT2D eigenvalue weighted by atomic mass is 28.3. The molecule has 1 aromatic carbocycles. The van der Waals surface area contributed by atoms with Crippen molar-refractivity contribution in [3.05, 3.63) is 35.4 Å². The van der Waals surface area contributed by atoms with Gasteiger partial charge in [-0.25, -0.2) is 0 Å². The molecular formula is C12H13OSi. The molecule has 1 aromatic rings. The first kappa shape index (κ1) is 10.7. The van der Waals surface area contributed by atoms with Crippen molar-refractivity contribution in [2.45, 2.75) is 19.1 Å². The highest BCUT2D eigenvalue weighted by molar-refractivity contribution is 6.56. The monoisotopic (exact) mass is 201 g/mol. The first-order valence-electron chi connectivity index (χ1n) is 4.55. The van der Waals surface area contributed by atoms with Crippen molar-refractivity contribution in [3.8, 4) is 11.8 Å². The molecule has 14 heavy (non-hydrogen) atoms. The third kappa shape index (κ3) is 3.59. The minimum atomic E-state index is -0.247. The number of rotatable bonds is 2. The number of hydrogen-bond donors (Lipinski definition) is 0. The molecule has 0 aliphatic carbocycles. The molecule has 0 saturated heterocycles. The Kier molecular flexibility index (Phi) is 4.15. The maximum atomic E-state index is 10.4. The molecule has 0 heterocycles. The summed E-state index contributed by atoms with van der Waals surface area (Å²) in [5.41, 5.74) is 1.69. The van der Waals surface area contributed by atoms with Crippen LogP contribution >= 0.6 is 0 Å². The van der Waals surface area contributed by atoms with Crippen molar-refractivity contribution in [2.75, 3.05) is 0 Å². The maximum Gasteiger partial charge on any atom is 0.150 e. The summed E-state index contributed by atoms with van der Waals surface area (Å²) in [5, 5.41) is 0. The summed E-state index contributed by atoms with van der Waals surface area (Å²) in [5.74, 6) is 6.23. The highest BCUT2D eigenvalue weighted by Crippen LogP contribution is 2.00. The van der Waals surface area contributed by atoms with Gasteiger partial charge in [0.25, 0.3) is 0 Å². The minimum Gasteiger partial charge on any atom is -0.298 e. The van der Waals surface area contributed by atoms with Gasteiger partial charge in [-0.3, -0.25) is 4.79 Å². The van der Waals surface area contributed by atoms with Crippen LogP contribution in [0.5, 0.6) is 0 Å². The van der Waals surface area contributed by atoms with Crippen LogP contribution < -0.4 is 0 Å². The van der Waals surface area contributed by atoms with Crippen LogP contribution in [0.15, 0.2) is 24.3 Å². The smallest absolute Gasteiger partial charge is 0.150 e. The number of hydrogen-bond acceptors (Lipinski definition) is 1. The fourth-order valence-electron chi connectivity index (χ4n) is 0.968. The Morgan fingerprint density at radius 1 is 1.29 bits per heavy atom. The van der Waals surface area contributed by atoms with Crippen LogP contribution in [0, 0.1) is 11.8 Å². The molecule has 0 bridgehead atoms. The Morgan fingerprint density at radius 3 is 2.43 bits per heavy atom. The zero-order valence-corrected chi connectivity index (χ0v) is 9.50. The van der Waals surface area contributed by atoms with Gasteiger partial charge in [0.15, 0.2) is 0 Å². The number of carbonyl (C=O) groups is 1. The Hall–Kier alpha value is -1.33. The van der Waals surface area contributed by atoms with Crippen LogP contribution in [-0.2, 0) is 0 Å². The summed E-state index contributed by atoms with van der Waals surface area (Å²) < 4.78 is 0. The van der Waals surface area contributed by atoms with Crippen molar-refractivity contribution < 1.29 is 4.79 Å². The normalized spacial score (nSPS) is 9.36. The predicted molar refractivity (Wildman–Crippen MR) is 61.0 cm³/mol. The molecule has 2 heteroatoms. The molecule has 0 aromatic heterocycles. The molecule has 0 unspecified atom stereocenters. The zero-order valence-electron chi connectivity index (χ0n) is 8.50. The van der Waals surface area contributed by atoms with E-state index in [2.05, 4.69) is 24.9 Å². The van der Waals surface area contributed by atoms with Crippen LogP contribution in [0.2, 0.25) is 19.1 Å². The number of carbonyl (C=O) groups excluding carboxylic acids is 1. The Balaban J connectivity index is 2.66. The fourth-order valence-corrected chi connectivity index (χ4v) is 1.41. The van der Waals surface area contributed by atoms with E-state index in [-0.39, 0.29) is 8.80 Å². The Morgan fingerprint density at radius 2 is 1.93 bits per heavy atom. The van der Waals surface area contributed by atoms with Crippen LogP contribution in [0.1, 0.15) is 15.9 Å². The number of aldehydes is 1. The van der Waals surface area contributed by atoms with Crippen LogP contribution in [0.25, 0.3) is 0 Å². The second kappa shape index (κ2) is 5.41. The Labute approximate surface area is 86.8 Å². The lowest BCUT2D eigenvalue weighted by Crippen LogP contribution is -1.95. The van der Waals surface area contributed by atoms with Crippen LogP contribution in [0.3, 0.4) is 0 Å². The van der Waals surface area contributed by atoms with Crippen LogP contribution in [0.4, 0.5) is 0 Å². The van der Waals surface area contributed by atoms with Gasteiger partial charge >= 0.3 is 0 Å². The SMILES string of the molecule is C[Si](C)CC#Cc1ccc(C=O)cc1. The second-order valence-electron chi connectivity index (χ2n) is 3.43. The van der Waals surface area contributed by atoms with Crippen molar-refractivity contribution in [1.82, 2.24) is 0 Å². The van der Waals surface area contributed by atoms with E-state index in [9.17, 15) is 4.79 Å². The van der Waals surface area contributed by atoms with Gasteiger partial charge in [-0.1, -0.05) is 31.1 Å². The molecule has 1 radical (unpaired) electrons. The van der Waals surface area contributed by atoms with Gasteiger partial charge in [-0.05, 0) is 12.1 Å². The average Bonchev–Trinajstić information content (AvgIpc) is 2.18. The van der Waals surface area contributed by atoms with Crippen LogP contribution in [-0.4, -0.2) is 15.1 Å². The molecule has 0 spiro atoms. The van der Waals surface area contributed by atoms with E-state index < -0.39 is 0 Å². The van der Waals surface area contributed by atoms with E-state index in [1.807, 2.05) is 12.1 Å². The summed E-state index contributed by atoms with van der Waals surface area (Å²) in [4.78, 5) is 10.4. The van der Waals surface area contributed by atoms with Gasteiger partial charge in [0.2, 0.25) is 0 Å². The van der Waals surface area contributed by atoms with E-state index in [4.69, 9.17) is 0 Å². The summed E-state index contributed by atoms with van der Waals surface area (Å²) >= 11 is 0. The fraction of sp³-hybridized carbons (Fsp3) is 0.250. The van der Waals surface area contributed by atoms with Crippen molar-refractivity contribution >= 4 is 15.1 Å². The summed E-state index contributed by atoms with van der Waals surface area (Å²) in [7, 11) is -0.247. The lowest BCUT2D eigenvalue weighted by Gasteiger charge is -1.92. The molecule has 0 atom stereocenters. The van der Waals surface area contributed by atoms with Crippen molar-refractivity contribution in [1.29, 1.82) is 0 Å². The molecular weight excluding hydrogens is 188 g/mol. The lowest BCUT2D eigenvalue weighted by molar-refractivity contribution is 0.112. The zero-order chi connectivity index (χ0) is 10.4. The van der Waals surface area contributed by atoms with E-state index in [1.54, 1.807) is 12.1 Å². The molecule has 0 aliphatic heterocycles. The Bertz CT molecular complexity index is 354. The average molecular weight is 201 g/mol. The molecule has 1 nitrogen and oxygen atoms in total. The third-order valence-corrected chi connectivity index (χ3v) is 2.61. The third-order valence-electron chi connectivity index (χ3n) is 1.72. The van der Waals surface area contributed by atoms with E-state index >= 15 is 0 Å². The molecule has 0 amide bonds. The molecule has 0 saturated carbocycles. The first-order valence-corrected chi connectivity index (χ1v) is 7.26. The number of benzene rings is 1. The molecule has 71 valence electrons. The molecule has 0 N–H and O–H groups in total. The standard InChI is InChI=1S/C12H13OSi/c1-14(2)9-3-4-11-5-7-12(10-13)8-6-11/h5-8,10H,9H2,1-2H3. The van der Waals surface area contributed by atoms with Gasteiger partial charge in [0.1, 0.15) is 6.29 Å². The van der Waals surface area contributed by atoms with E-state index in [0.717, 1.165) is 17.9 Å². The van der Waals surface area contributed by atoms with Gasteiger partial charge in [-0.2, -0.15) is 0 Å². The van der Waals surface area contributed by atoms with Gasteiger partial charge in [0.05, 0.1) is 8.80 Å². The predicted octanol–water partition coefficient (Wildman–Crippen LogP) is 2.61. The quantitative estimate of drug-likeness (QED) is 0.408. The summed E-state index contributed by atoms with van der Waals surface area (Å²) in [6, 6.07) is 8.37. The summed E-state index contributed by atoms with van der Waals surface area (Å²) in [6.07, 6.45) is 0.844. The molecule has 0 fully saturated rings. The maximum absolute atomic E-state index is 10.4. The van der Waals surface area contributed by atoms with E-state index in [0.29, 0.717) is 5.56 Å². The molecule has 1 rings (SSSR count). The largest absolute Gasteiger partial charge is 0.298 e. The van der Waals surface area contributed by atoms with Crippen molar-refractivity contribution in [3.63, 3.8) is 0 Å². The highest BCUT2D eigenvalue weighted by Gasteiger charge is 1.91. The van der Waals surface area contributed by atoms with E-state index in [1.165, 1.54) is 0 Å². The van der Waals surface area contributed by atoms with Crippen molar-refractivity contribution in [2.24, 2.45) is 0 Å². The minimum absolute atomic E-state index is 0.247. The topological polar surface area (TPSA) is 17.1 Å². The van der Waals surface area contributed by atoms with Gasteiger partial charge in [0, 0.05) is 17.2 Å².